The van der Waals surface area contributed by atoms with Crippen LogP contribution in [0.4, 0.5) is 0 Å². The van der Waals surface area contributed by atoms with Gasteiger partial charge in [0.25, 0.3) is 0 Å². The second-order valence-electron chi connectivity index (χ2n) is 4.31. The molecule has 90 valence electrons. The largest absolute Gasteiger partial charge is 0.508 e. The zero-order valence-corrected chi connectivity index (χ0v) is 9.80. The Kier molecular flexibility index (Phi) is 3.81. The van der Waals surface area contributed by atoms with E-state index in [1.54, 1.807) is 36.4 Å². The van der Waals surface area contributed by atoms with Gasteiger partial charge in [-0.1, -0.05) is 12.1 Å². The number of benzene rings is 1. The molecule has 1 aromatic rings. The monoisotopic (exact) mass is 231 g/mol. The first kappa shape index (κ1) is 11.7. The Morgan fingerprint density at radius 1 is 1.12 bits per heavy atom. The third kappa shape index (κ3) is 3.34. The summed E-state index contributed by atoms with van der Waals surface area (Å²) in [6.45, 7) is 1.75. The number of carbonyl (C=O) groups is 1. The maximum atomic E-state index is 11.8. The summed E-state index contributed by atoms with van der Waals surface area (Å²) in [5.41, 5.74) is 0.924. The molecule has 0 spiro atoms. The molecule has 1 saturated heterocycles. The van der Waals surface area contributed by atoms with Crippen LogP contribution in [0.25, 0.3) is 6.08 Å². The first-order valence-corrected chi connectivity index (χ1v) is 6.02. The normalized spacial score (nSPS) is 16.4. The molecule has 3 nitrogen and oxygen atoms in total. The molecular formula is C14H17NO2. The van der Waals surface area contributed by atoms with Gasteiger partial charge in [-0.05, 0) is 43.0 Å². The van der Waals surface area contributed by atoms with Crippen molar-refractivity contribution in [1.82, 2.24) is 4.90 Å². The molecule has 1 fully saturated rings. The lowest BCUT2D eigenvalue weighted by Crippen LogP contribution is -2.34. The van der Waals surface area contributed by atoms with Crippen molar-refractivity contribution >= 4 is 12.0 Å². The smallest absolute Gasteiger partial charge is 0.246 e. The molecule has 1 aliphatic heterocycles. The van der Waals surface area contributed by atoms with Gasteiger partial charge in [-0.3, -0.25) is 4.79 Å². The van der Waals surface area contributed by atoms with Crippen LogP contribution in [0.3, 0.4) is 0 Å². The van der Waals surface area contributed by atoms with Crippen LogP contribution < -0.4 is 0 Å². The van der Waals surface area contributed by atoms with Gasteiger partial charge in [0, 0.05) is 19.2 Å². The van der Waals surface area contributed by atoms with E-state index >= 15 is 0 Å². The Bertz CT molecular complexity index is 403. The van der Waals surface area contributed by atoms with E-state index in [1.165, 1.54) is 6.42 Å². The summed E-state index contributed by atoms with van der Waals surface area (Å²) in [6, 6.07) is 6.81. The molecular weight excluding hydrogens is 214 g/mol. The number of hydrogen-bond donors (Lipinski definition) is 1. The highest BCUT2D eigenvalue weighted by Crippen LogP contribution is 2.12. The molecule has 2 rings (SSSR count). The number of amides is 1. The molecule has 17 heavy (non-hydrogen) atoms. The molecule has 3 heteroatoms. The van der Waals surface area contributed by atoms with Crippen LogP contribution in [0.1, 0.15) is 24.8 Å². The minimum absolute atomic E-state index is 0.0813. The molecule has 1 heterocycles. The van der Waals surface area contributed by atoms with Crippen molar-refractivity contribution in [2.24, 2.45) is 0 Å². The lowest BCUT2D eigenvalue weighted by Gasteiger charge is -2.25. The number of nitrogens with zero attached hydrogens (tertiary/aromatic N) is 1. The zero-order chi connectivity index (χ0) is 12.1. The van der Waals surface area contributed by atoms with Crippen molar-refractivity contribution in [2.45, 2.75) is 19.3 Å². The van der Waals surface area contributed by atoms with Crippen molar-refractivity contribution in [1.29, 1.82) is 0 Å². The molecule has 0 atom stereocenters. The van der Waals surface area contributed by atoms with E-state index in [0.717, 1.165) is 31.5 Å². The van der Waals surface area contributed by atoms with Crippen LogP contribution in [0.5, 0.6) is 5.75 Å². The van der Waals surface area contributed by atoms with Gasteiger partial charge >= 0.3 is 0 Å². The van der Waals surface area contributed by atoms with Crippen LogP contribution in [-0.4, -0.2) is 29.0 Å². The van der Waals surface area contributed by atoms with Gasteiger partial charge in [-0.25, -0.2) is 0 Å². The summed E-state index contributed by atoms with van der Waals surface area (Å²) < 4.78 is 0. The van der Waals surface area contributed by atoms with E-state index < -0.39 is 0 Å². The number of rotatable bonds is 2. The first-order chi connectivity index (χ1) is 8.25. The standard InChI is InChI=1S/C14H17NO2/c16-13-7-4-12(5-8-13)6-9-14(17)15-10-2-1-3-11-15/h4-9,16H,1-3,10-11H2/b9-6-. The lowest BCUT2D eigenvalue weighted by atomic mass is 10.1. The molecule has 0 aliphatic carbocycles. The third-order valence-corrected chi connectivity index (χ3v) is 2.98. The quantitative estimate of drug-likeness (QED) is 0.794. The fraction of sp³-hybridized carbons (Fsp3) is 0.357. The van der Waals surface area contributed by atoms with Crippen molar-refractivity contribution in [3.8, 4) is 5.75 Å². The van der Waals surface area contributed by atoms with Gasteiger partial charge in [0.05, 0.1) is 0 Å². The van der Waals surface area contributed by atoms with Gasteiger partial charge in [-0.2, -0.15) is 0 Å². The highest BCUT2D eigenvalue weighted by molar-refractivity contribution is 5.91. The van der Waals surface area contributed by atoms with Crippen LogP contribution >= 0.6 is 0 Å². The molecule has 0 radical (unpaired) electrons. The van der Waals surface area contributed by atoms with Gasteiger partial charge in [0.15, 0.2) is 0 Å². The number of likely N-dealkylation sites (tertiary alicyclic amines) is 1. The number of aromatic hydroxyl groups is 1. The van der Waals surface area contributed by atoms with E-state index in [9.17, 15) is 4.79 Å². The Morgan fingerprint density at radius 3 is 2.41 bits per heavy atom. The topological polar surface area (TPSA) is 40.5 Å². The molecule has 1 aromatic carbocycles. The molecule has 1 amide bonds. The van der Waals surface area contributed by atoms with E-state index in [1.807, 2.05) is 4.90 Å². The number of piperidine rings is 1. The van der Waals surface area contributed by atoms with Crippen LogP contribution in [0.2, 0.25) is 0 Å². The lowest BCUT2D eigenvalue weighted by molar-refractivity contribution is -0.126. The maximum absolute atomic E-state index is 11.8. The highest BCUT2D eigenvalue weighted by atomic mass is 16.3. The van der Waals surface area contributed by atoms with Crippen molar-refractivity contribution in [2.75, 3.05) is 13.1 Å². The zero-order valence-electron chi connectivity index (χ0n) is 9.80. The van der Waals surface area contributed by atoms with Crippen LogP contribution in [0.15, 0.2) is 30.3 Å². The summed E-state index contributed by atoms with van der Waals surface area (Å²) in [7, 11) is 0. The maximum Gasteiger partial charge on any atom is 0.246 e. The SMILES string of the molecule is O=C(/C=C\c1ccc(O)cc1)N1CCCCC1. The summed E-state index contributed by atoms with van der Waals surface area (Å²) in [4.78, 5) is 13.7. The van der Waals surface area contributed by atoms with Crippen molar-refractivity contribution < 1.29 is 9.90 Å². The Balaban J connectivity index is 1.95. The Labute approximate surface area is 101 Å². The van der Waals surface area contributed by atoms with Gasteiger partial charge in [-0.15, -0.1) is 0 Å². The van der Waals surface area contributed by atoms with Gasteiger partial charge in [0.1, 0.15) is 5.75 Å². The minimum atomic E-state index is 0.0813. The summed E-state index contributed by atoms with van der Waals surface area (Å²) in [5, 5.41) is 9.14. The van der Waals surface area contributed by atoms with Crippen LogP contribution in [-0.2, 0) is 4.79 Å². The molecule has 0 saturated carbocycles. The number of phenols is 1. The second kappa shape index (κ2) is 5.53. The molecule has 0 unspecified atom stereocenters. The van der Waals surface area contributed by atoms with E-state index in [2.05, 4.69) is 0 Å². The first-order valence-electron chi connectivity index (χ1n) is 6.02. The number of hydrogen-bond acceptors (Lipinski definition) is 2. The van der Waals surface area contributed by atoms with Gasteiger partial charge in [0.2, 0.25) is 5.91 Å². The molecule has 1 N–H and O–H groups in total. The average Bonchev–Trinajstić information content (AvgIpc) is 2.39. The number of phenolic OH excluding ortho intramolecular Hbond substituents is 1. The molecule has 0 bridgehead atoms. The minimum Gasteiger partial charge on any atom is -0.508 e. The van der Waals surface area contributed by atoms with Gasteiger partial charge < -0.3 is 10.0 Å². The summed E-state index contributed by atoms with van der Waals surface area (Å²) >= 11 is 0. The van der Waals surface area contributed by atoms with E-state index in [0.29, 0.717) is 0 Å². The Morgan fingerprint density at radius 2 is 1.76 bits per heavy atom. The third-order valence-electron chi connectivity index (χ3n) is 2.98. The summed E-state index contributed by atoms with van der Waals surface area (Å²) in [5.74, 6) is 0.322. The predicted molar refractivity (Wildman–Crippen MR) is 67.6 cm³/mol. The highest BCUT2D eigenvalue weighted by Gasteiger charge is 2.13. The molecule has 1 aliphatic rings. The number of carbonyl (C=O) groups excluding carboxylic acids is 1. The fourth-order valence-electron chi connectivity index (χ4n) is 1.97. The van der Waals surface area contributed by atoms with Crippen molar-refractivity contribution in [3.05, 3.63) is 35.9 Å². The van der Waals surface area contributed by atoms with E-state index in [4.69, 9.17) is 5.11 Å². The van der Waals surface area contributed by atoms with E-state index in [-0.39, 0.29) is 11.7 Å². The summed E-state index contributed by atoms with van der Waals surface area (Å²) in [6.07, 6.45) is 6.84. The van der Waals surface area contributed by atoms with Crippen LogP contribution in [0, 0.1) is 0 Å². The Hall–Kier alpha value is -1.77. The molecule has 0 aromatic heterocycles. The predicted octanol–water partition coefficient (Wildman–Crippen LogP) is 2.42. The van der Waals surface area contributed by atoms with Crippen molar-refractivity contribution in [3.63, 3.8) is 0 Å². The fourth-order valence-corrected chi connectivity index (χ4v) is 1.97. The average molecular weight is 231 g/mol. The second-order valence-corrected chi connectivity index (χ2v) is 4.31.